The van der Waals surface area contributed by atoms with Gasteiger partial charge in [-0.2, -0.15) is 0 Å². The van der Waals surface area contributed by atoms with E-state index in [9.17, 15) is 4.79 Å². The number of ether oxygens (including phenoxy) is 1. The minimum atomic E-state index is -0.0889. The van der Waals surface area contributed by atoms with E-state index in [1.807, 2.05) is 67.7 Å². The number of rotatable bonds is 3. The van der Waals surface area contributed by atoms with Crippen molar-refractivity contribution in [2.24, 2.45) is 0 Å². The van der Waals surface area contributed by atoms with Gasteiger partial charge in [0.25, 0.3) is 5.56 Å². The maximum Gasteiger partial charge on any atom is 0.257 e. The molecule has 0 saturated carbocycles. The summed E-state index contributed by atoms with van der Waals surface area (Å²) in [6.45, 7) is 1.90. The normalized spacial score (nSPS) is 10.9. The number of fused-ring (bicyclic) bond motifs is 1. The van der Waals surface area contributed by atoms with Gasteiger partial charge < -0.3 is 14.7 Å². The number of hydrogen-bond acceptors (Lipinski definition) is 2. The van der Waals surface area contributed by atoms with Gasteiger partial charge in [-0.05, 0) is 25.1 Å². The van der Waals surface area contributed by atoms with Crippen LogP contribution >= 0.6 is 0 Å². The van der Waals surface area contributed by atoms with Crippen LogP contribution < -0.4 is 10.3 Å². The maximum atomic E-state index is 12.1. The Morgan fingerprint density at radius 1 is 0.833 bits per heavy atom. The molecule has 0 atom stereocenters. The summed E-state index contributed by atoms with van der Waals surface area (Å²) in [6.07, 6.45) is 3.61. The number of pyridine rings is 1. The van der Waals surface area contributed by atoms with E-state index >= 15 is 0 Å². The third kappa shape index (κ3) is 2.38. The van der Waals surface area contributed by atoms with Crippen molar-refractivity contribution in [1.82, 2.24) is 9.97 Å². The number of nitrogens with one attached hydrogen (secondary N) is 2. The van der Waals surface area contributed by atoms with Gasteiger partial charge in [0.2, 0.25) is 0 Å². The van der Waals surface area contributed by atoms with Crippen LogP contribution in [0, 0.1) is 6.92 Å². The van der Waals surface area contributed by atoms with E-state index < -0.39 is 0 Å². The van der Waals surface area contributed by atoms with Crippen LogP contribution in [0.4, 0.5) is 0 Å². The topological polar surface area (TPSA) is 57.9 Å². The lowest BCUT2D eigenvalue weighted by atomic mass is 10.0. The Morgan fingerprint density at radius 2 is 1.58 bits per heavy atom. The predicted octanol–water partition coefficient (Wildman–Crippen LogP) is 4.62. The first-order valence-corrected chi connectivity index (χ1v) is 7.76. The lowest BCUT2D eigenvalue weighted by Gasteiger charge is -2.12. The zero-order valence-electron chi connectivity index (χ0n) is 13.2. The monoisotopic (exact) mass is 316 g/mol. The molecule has 24 heavy (non-hydrogen) atoms. The minimum Gasteiger partial charge on any atom is -0.457 e. The van der Waals surface area contributed by atoms with Crippen molar-refractivity contribution in [2.75, 3.05) is 0 Å². The summed E-state index contributed by atoms with van der Waals surface area (Å²) in [7, 11) is 0. The van der Waals surface area contributed by atoms with E-state index in [2.05, 4.69) is 9.97 Å². The number of aryl methyl sites for hydroxylation is 1. The fourth-order valence-corrected chi connectivity index (χ4v) is 2.94. The second kappa shape index (κ2) is 5.74. The average molecular weight is 316 g/mol. The zero-order valence-corrected chi connectivity index (χ0v) is 13.2. The second-order valence-corrected chi connectivity index (χ2v) is 5.65. The van der Waals surface area contributed by atoms with Crippen molar-refractivity contribution in [3.8, 4) is 22.6 Å². The largest absolute Gasteiger partial charge is 0.457 e. The first kappa shape index (κ1) is 14.3. The molecule has 4 heteroatoms. The van der Waals surface area contributed by atoms with Crippen molar-refractivity contribution < 1.29 is 4.74 Å². The number of aromatic amines is 2. The molecule has 4 aromatic rings. The predicted molar refractivity (Wildman–Crippen MR) is 95.6 cm³/mol. The highest BCUT2D eigenvalue weighted by Gasteiger charge is 2.14. The molecule has 2 aromatic carbocycles. The molecular formula is C20H16N2O2. The van der Waals surface area contributed by atoms with Crippen LogP contribution in [0.1, 0.15) is 5.69 Å². The summed E-state index contributed by atoms with van der Waals surface area (Å²) in [6, 6.07) is 17.5. The summed E-state index contributed by atoms with van der Waals surface area (Å²) in [5.41, 5.74) is 2.63. The Balaban J connectivity index is 1.89. The minimum absolute atomic E-state index is 0.0889. The smallest absolute Gasteiger partial charge is 0.257 e. The number of H-pyrrole nitrogens is 2. The summed E-state index contributed by atoms with van der Waals surface area (Å²) in [4.78, 5) is 18.1. The average Bonchev–Trinajstić information content (AvgIpc) is 3.00. The van der Waals surface area contributed by atoms with E-state index in [0.29, 0.717) is 5.39 Å². The molecule has 0 bridgehead atoms. The van der Waals surface area contributed by atoms with Gasteiger partial charge in [0.05, 0.1) is 5.39 Å². The van der Waals surface area contributed by atoms with E-state index in [1.165, 1.54) is 0 Å². The van der Waals surface area contributed by atoms with Gasteiger partial charge in [-0.15, -0.1) is 0 Å². The molecule has 0 spiro atoms. The molecule has 2 aromatic heterocycles. The molecule has 2 N–H and O–H groups in total. The van der Waals surface area contributed by atoms with Gasteiger partial charge in [0.1, 0.15) is 11.5 Å². The number of hydrogen-bond donors (Lipinski definition) is 2. The SMILES string of the molecule is Cc1[nH]cc2c(-c3ccccc3Oc3ccccc3)c[nH]c(=O)c12. The Labute approximate surface area is 138 Å². The summed E-state index contributed by atoms with van der Waals surface area (Å²) in [5, 5.41) is 1.57. The van der Waals surface area contributed by atoms with Crippen LogP contribution in [0.15, 0.2) is 71.8 Å². The molecule has 0 aliphatic heterocycles. The van der Waals surface area contributed by atoms with Gasteiger partial charge in [0.15, 0.2) is 0 Å². The van der Waals surface area contributed by atoms with Crippen molar-refractivity contribution >= 4 is 10.8 Å². The van der Waals surface area contributed by atoms with Crippen molar-refractivity contribution in [3.05, 3.63) is 83.0 Å². The number of benzene rings is 2. The van der Waals surface area contributed by atoms with Crippen molar-refractivity contribution in [2.45, 2.75) is 6.92 Å². The molecule has 4 rings (SSSR count). The highest BCUT2D eigenvalue weighted by Crippen LogP contribution is 2.36. The Morgan fingerprint density at radius 3 is 2.42 bits per heavy atom. The second-order valence-electron chi connectivity index (χ2n) is 5.65. The Hall–Kier alpha value is -3.27. The van der Waals surface area contributed by atoms with Gasteiger partial charge in [-0.1, -0.05) is 36.4 Å². The Bertz CT molecular complexity index is 1060. The van der Waals surface area contributed by atoms with Crippen LogP contribution in [0.3, 0.4) is 0 Å². The third-order valence-electron chi connectivity index (χ3n) is 4.09. The van der Waals surface area contributed by atoms with Gasteiger partial charge in [-0.25, -0.2) is 0 Å². The standard InChI is InChI=1S/C20H16N2O2/c1-13-19-17(12-21-13)16(11-22-20(19)23)15-9-5-6-10-18(15)24-14-7-3-2-4-8-14/h2-12,21H,1H3,(H,22,23). The number of aromatic nitrogens is 2. The molecule has 2 heterocycles. The van der Waals surface area contributed by atoms with E-state index in [4.69, 9.17) is 4.74 Å². The van der Waals surface area contributed by atoms with Crippen LogP contribution in [0.25, 0.3) is 21.9 Å². The molecule has 0 aliphatic carbocycles. The first-order valence-electron chi connectivity index (χ1n) is 7.76. The summed E-state index contributed by atoms with van der Waals surface area (Å²) in [5.74, 6) is 1.52. The third-order valence-corrected chi connectivity index (χ3v) is 4.09. The zero-order chi connectivity index (χ0) is 16.5. The fraction of sp³-hybridized carbons (Fsp3) is 0.0500. The van der Waals surface area contributed by atoms with Crippen molar-refractivity contribution in [1.29, 1.82) is 0 Å². The highest BCUT2D eigenvalue weighted by atomic mass is 16.5. The van der Waals surface area contributed by atoms with Crippen LogP contribution in [-0.4, -0.2) is 9.97 Å². The van der Waals surface area contributed by atoms with Crippen molar-refractivity contribution in [3.63, 3.8) is 0 Å². The lowest BCUT2D eigenvalue weighted by molar-refractivity contribution is 0.484. The molecule has 0 radical (unpaired) electrons. The van der Waals surface area contributed by atoms with E-state index in [1.54, 1.807) is 6.20 Å². The summed E-state index contributed by atoms with van der Waals surface area (Å²) >= 11 is 0. The molecular weight excluding hydrogens is 300 g/mol. The molecule has 0 unspecified atom stereocenters. The number of para-hydroxylation sites is 2. The maximum absolute atomic E-state index is 12.1. The molecule has 0 aliphatic rings. The molecule has 4 nitrogen and oxygen atoms in total. The summed E-state index contributed by atoms with van der Waals surface area (Å²) < 4.78 is 6.05. The molecule has 0 saturated heterocycles. The van der Waals surface area contributed by atoms with Gasteiger partial charge >= 0.3 is 0 Å². The molecule has 0 amide bonds. The van der Waals surface area contributed by atoms with E-state index in [0.717, 1.165) is 33.7 Å². The van der Waals surface area contributed by atoms with Crippen LogP contribution in [0.5, 0.6) is 11.5 Å². The molecule has 118 valence electrons. The Kier molecular flexibility index (Phi) is 3.43. The van der Waals surface area contributed by atoms with E-state index in [-0.39, 0.29) is 5.56 Å². The van der Waals surface area contributed by atoms with Gasteiger partial charge in [-0.3, -0.25) is 4.79 Å². The fourth-order valence-electron chi connectivity index (χ4n) is 2.94. The first-order chi connectivity index (χ1) is 11.7. The van der Waals surface area contributed by atoms with Crippen LogP contribution in [-0.2, 0) is 0 Å². The lowest BCUT2D eigenvalue weighted by Crippen LogP contribution is -2.05. The quantitative estimate of drug-likeness (QED) is 0.579. The van der Waals surface area contributed by atoms with Gasteiger partial charge in [0, 0.05) is 34.6 Å². The molecule has 0 fully saturated rings. The van der Waals surface area contributed by atoms with Crippen LogP contribution in [0.2, 0.25) is 0 Å². The highest BCUT2D eigenvalue weighted by molar-refractivity contribution is 5.98.